The number of carbonyl (C=O) groups excluding carboxylic acids is 1. The van der Waals surface area contributed by atoms with E-state index >= 15 is 0 Å². The van der Waals surface area contributed by atoms with Gasteiger partial charge < -0.3 is 0 Å². The molecule has 0 saturated heterocycles. The molecule has 11 heavy (non-hydrogen) atoms. The molecule has 0 unspecified atom stereocenters. The minimum atomic E-state index is 0.452. The zero-order valence-electron chi connectivity index (χ0n) is 7.02. The Morgan fingerprint density at radius 3 is 2.36 bits per heavy atom. The molecule has 1 nitrogen and oxygen atoms in total. The van der Waals surface area contributed by atoms with Gasteiger partial charge in [0.1, 0.15) is 5.78 Å². The summed E-state index contributed by atoms with van der Waals surface area (Å²) in [6.07, 6.45) is 6.25. The first-order chi connectivity index (χ1) is 5.16. The molecular formula is C10H14O. The summed E-state index contributed by atoms with van der Waals surface area (Å²) < 4.78 is 0. The number of fused-ring (bicyclic) bond motifs is 2. The van der Waals surface area contributed by atoms with Crippen molar-refractivity contribution in [2.24, 2.45) is 16.7 Å². The lowest BCUT2D eigenvalue weighted by molar-refractivity contribution is -0.142. The second-order valence-corrected chi connectivity index (χ2v) is 5.09. The first kappa shape index (κ1) is 6.22. The van der Waals surface area contributed by atoms with Crippen LogP contribution in [-0.2, 0) is 4.79 Å². The van der Waals surface area contributed by atoms with Crippen LogP contribution < -0.4 is 0 Å². The third kappa shape index (κ3) is 0.533. The monoisotopic (exact) mass is 150 g/mol. The van der Waals surface area contributed by atoms with Crippen molar-refractivity contribution in [1.29, 1.82) is 0 Å². The Morgan fingerprint density at radius 2 is 1.91 bits per heavy atom. The van der Waals surface area contributed by atoms with E-state index in [1.165, 1.54) is 25.7 Å². The quantitative estimate of drug-likeness (QED) is 0.517. The molecule has 0 aromatic rings. The maximum absolute atomic E-state index is 11.4. The first-order valence-corrected chi connectivity index (χ1v) is 4.69. The van der Waals surface area contributed by atoms with Crippen LogP contribution in [0, 0.1) is 16.7 Å². The first-order valence-electron chi connectivity index (χ1n) is 4.69. The van der Waals surface area contributed by atoms with Crippen LogP contribution in [0.1, 0.15) is 39.0 Å². The molecule has 0 heterocycles. The van der Waals surface area contributed by atoms with E-state index in [-0.39, 0.29) is 0 Å². The minimum Gasteiger partial charge on any atom is -0.299 e. The average molecular weight is 150 g/mol. The second kappa shape index (κ2) is 1.41. The molecule has 3 saturated carbocycles. The summed E-state index contributed by atoms with van der Waals surface area (Å²) in [5.74, 6) is 1.07. The molecule has 0 amide bonds. The van der Waals surface area contributed by atoms with Gasteiger partial charge in [0, 0.05) is 12.3 Å². The smallest absolute Gasteiger partial charge is 0.137 e. The van der Waals surface area contributed by atoms with Gasteiger partial charge in [0.05, 0.1) is 0 Å². The normalized spacial score (nSPS) is 50.6. The summed E-state index contributed by atoms with van der Waals surface area (Å²) >= 11 is 0. The Balaban J connectivity index is 2.01. The van der Waals surface area contributed by atoms with Gasteiger partial charge in [-0.2, -0.15) is 0 Å². The van der Waals surface area contributed by atoms with E-state index in [1.807, 2.05) is 0 Å². The summed E-state index contributed by atoms with van der Waals surface area (Å²) in [6, 6.07) is 0. The number of carbonyl (C=O) groups is 1. The average Bonchev–Trinajstić information content (AvgIpc) is 2.59. The minimum absolute atomic E-state index is 0.452. The molecule has 0 N–H and O–H groups in total. The van der Waals surface area contributed by atoms with Crippen LogP contribution in [0.25, 0.3) is 0 Å². The molecule has 3 fully saturated rings. The van der Waals surface area contributed by atoms with Crippen LogP contribution in [0.4, 0.5) is 0 Å². The third-order valence-electron chi connectivity index (χ3n) is 4.30. The van der Waals surface area contributed by atoms with E-state index in [4.69, 9.17) is 0 Å². The molecule has 0 aromatic heterocycles. The van der Waals surface area contributed by atoms with Crippen molar-refractivity contribution in [2.45, 2.75) is 39.0 Å². The highest BCUT2D eigenvalue weighted by Crippen LogP contribution is 2.72. The molecule has 3 aliphatic carbocycles. The topological polar surface area (TPSA) is 17.1 Å². The van der Waals surface area contributed by atoms with E-state index in [1.54, 1.807) is 0 Å². The SMILES string of the molecule is C[C@@]12CCC3(CC3)[C@@H]1C(=O)C2. The van der Waals surface area contributed by atoms with Gasteiger partial charge in [-0.3, -0.25) is 4.79 Å². The second-order valence-electron chi connectivity index (χ2n) is 5.09. The van der Waals surface area contributed by atoms with Crippen molar-refractivity contribution in [3.05, 3.63) is 0 Å². The molecule has 0 radical (unpaired) electrons. The van der Waals surface area contributed by atoms with Gasteiger partial charge in [0.25, 0.3) is 0 Å². The highest BCUT2D eigenvalue weighted by Gasteiger charge is 2.68. The Labute approximate surface area is 67.2 Å². The number of hydrogen-bond donors (Lipinski definition) is 0. The maximum atomic E-state index is 11.4. The molecule has 0 bridgehead atoms. The van der Waals surface area contributed by atoms with Crippen molar-refractivity contribution in [3.63, 3.8) is 0 Å². The van der Waals surface area contributed by atoms with E-state index in [0.717, 1.165) is 6.42 Å². The van der Waals surface area contributed by atoms with Crippen LogP contribution >= 0.6 is 0 Å². The molecule has 60 valence electrons. The van der Waals surface area contributed by atoms with Crippen molar-refractivity contribution in [1.82, 2.24) is 0 Å². The third-order valence-corrected chi connectivity index (χ3v) is 4.30. The van der Waals surface area contributed by atoms with Gasteiger partial charge in [-0.1, -0.05) is 6.92 Å². The Morgan fingerprint density at radius 1 is 1.27 bits per heavy atom. The van der Waals surface area contributed by atoms with Crippen molar-refractivity contribution in [2.75, 3.05) is 0 Å². The summed E-state index contributed by atoms with van der Waals surface area (Å²) in [7, 11) is 0. The molecular weight excluding hydrogens is 136 g/mol. The summed E-state index contributed by atoms with van der Waals surface area (Å²) in [4.78, 5) is 11.4. The highest BCUT2D eigenvalue weighted by atomic mass is 16.1. The Kier molecular flexibility index (Phi) is 0.799. The predicted molar refractivity (Wildman–Crippen MR) is 42.1 cm³/mol. The van der Waals surface area contributed by atoms with E-state index in [2.05, 4.69) is 6.92 Å². The van der Waals surface area contributed by atoms with Crippen LogP contribution in [-0.4, -0.2) is 5.78 Å². The van der Waals surface area contributed by atoms with Crippen LogP contribution in [0.15, 0.2) is 0 Å². The van der Waals surface area contributed by atoms with Gasteiger partial charge in [-0.15, -0.1) is 0 Å². The van der Waals surface area contributed by atoms with Gasteiger partial charge in [0.2, 0.25) is 0 Å². The largest absolute Gasteiger partial charge is 0.299 e. The standard InChI is InChI=1S/C10H14O/c1-9-2-3-10(4-5-10)8(9)7(11)6-9/h8H,2-6H2,1H3/t8-,9+/m1/s1. The van der Waals surface area contributed by atoms with Crippen LogP contribution in [0.2, 0.25) is 0 Å². The van der Waals surface area contributed by atoms with Crippen LogP contribution in [0.3, 0.4) is 0 Å². The number of hydrogen-bond acceptors (Lipinski definition) is 1. The number of rotatable bonds is 0. The molecule has 0 aromatic carbocycles. The van der Waals surface area contributed by atoms with Crippen molar-refractivity contribution in [3.8, 4) is 0 Å². The lowest BCUT2D eigenvalue weighted by Gasteiger charge is -2.42. The van der Waals surface area contributed by atoms with Crippen molar-refractivity contribution >= 4 is 5.78 Å². The van der Waals surface area contributed by atoms with E-state index in [9.17, 15) is 4.79 Å². The van der Waals surface area contributed by atoms with Gasteiger partial charge >= 0.3 is 0 Å². The van der Waals surface area contributed by atoms with Gasteiger partial charge in [0.15, 0.2) is 0 Å². The molecule has 2 atom stereocenters. The summed E-state index contributed by atoms with van der Waals surface area (Å²) in [5, 5.41) is 0. The van der Waals surface area contributed by atoms with Crippen molar-refractivity contribution < 1.29 is 4.79 Å². The fourth-order valence-corrected chi connectivity index (χ4v) is 3.55. The Bertz CT molecular complexity index is 233. The highest BCUT2D eigenvalue weighted by molar-refractivity contribution is 5.90. The zero-order chi connectivity index (χ0) is 7.69. The fourth-order valence-electron chi connectivity index (χ4n) is 3.55. The molecule has 1 spiro atoms. The fraction of sp³-hybridized carbons (Fsp3) is 0.900. The van der Waals surface area contributed by atoms with Crippen LogP contribution in [0.5, 0.6) is 0 Å². The molecule has 1 heteroatoms. The lowest BCUT2D eigenvalue weighted by Crippen LogP contribution is -2.45. The van der Waals surface area contributed by atoms with Gasteiger partial charge in [-0.05, 0) is 36.5 Å². The van der Waals surface area contributed by atoms with E-state index in [0.29, 0.717) is 22.5 Å². The summed E-state index contributed by atoms with van der Waals surface area (Å²) in [6.45, 7) is 2.31. The Hall–Kier alpha value is -0.330. The molecule has 3 aliphatic rings. The summed E-state index contributed by atoms with van der Waals surface area (Å²) in [5.41, 5.74) is 0.998. The van der Waals surface area contributed by atoms with E-state index < -0.39 is 0 Å². The zero-order valence-corrected chi connectivity index (χ0v) is 7.02. The molecule has 3 rings (SSSR count). The maximum Gasteiger partial charge on any atom is 0.137 e. The molecule has 0 aliphatic heterocycles. The van der Waals surface area contributed by atoms with Gasteiger partial charge in [-0.25, -0.2) is 0 Å². The lowest BCUT2D eigenvalue weighted by atomic mass is 9.59. The number of ketones is 1. The number of Topliss-reactive ketones (excluding diaryl/α,β-unsaturated/α-hetero) is 1. The predicted octanol–water partition coefficient (Wildman–Crippen LogP) is 2.16.